The van der Waals surface area contributed by atoms with E-state index in [1.54, 1.807) is 12.1 Å². The van der Waals surface area contributed by atoms with Gasteiger partial charge in [0.25, 0.3) is 0 Å². The lowest BCUT2D eigenvalue weighted by molar-refractivity contribution is -0.137. The molecule has 5 nitrogen and oxygen atoms in total. The highest BCUT2D eigenvalue weighted by atomic mass is 16.4. The number of carboxylic acids is 1. The van der Waals surface area contributed by atoms with Gasteiger partial charge in [0.05, 0.1) is 5.69 Å². The van der Waals surface area contributed by atoms with Crippen LogP contribution >= 0.6 is 0 Å². The second-order valence-electron chi connectivity index (χ2n) is 5.58. The Morgan fingerprint density at radius 2 is 1.59 bits per heavy atom. The summed E-state index contributed by atoms with van der Waals surface area (Å²) in [6, 6.07) is 5.16. The zero-order chi connectivity index (χ0) is 16.4. The molecule has 0 atom stereocenters. The topological polar surface area (TPSA) is 86.6 Å². The van der Waals surface area contributed by atoms with Crippen molar-refractivity contribution in [3.63, 3.8) is 0 Å². The van der Waals surface area contributed by atoms with Gasteiger partial charge in [0.2, 0.25) is 5.91 Å². The number of aryl methyl sites for hydroxylation is 1. The predicted molar refractivity (Wildman–Crippen MR) is 86.0 cm³/mol. The van der Waals surface area contributed by atoms with Gasteiger partial charge in [0.1, 0.15) is 5.75 Å². The van der Waals surface area contributed by atoms with Crippen molar-refractivity contribution in [2.45, 2.75) is 58.3 Å². The van der Waals surface area contributed by atoms with Crippen molar-refractivity contribution in [1.82, 2.24) is 0 Å². The van der Waals surface area contributed by atoms with E-state index in [1.165, 1.54) is 0 Å². The Morgan fingerprint density at radius 1 is 1.00 bits per heavy atom. The second-order valence-corrected chi connectivity index (χ2v) is 5.58. The molecule has 1 amide bonds. The fourth-order valence-corrected chi connectivity index (χ4v) is 2.23. The molecule has 0 spiro atoms. The minimum atomic E-state index is -0.740. The van der Waals surface area contributed by atoms with Crippen LogP contribution in [0.5, 0.6) is 5.75 Å². The maximum Gasteiger partial charge on any atom is 0.303 e. The van der Waals surface area contributed by atoms with Gasteiger partial charge in [-0.2, -0.15) is 0 Å². The van der Waals surface area contributed by atoms with Gasteiger partial charge in [0, 0.05) is 12.8 Å². The number of nitrogens with one attached hydrogen (secondary N) is 1. The number of phenolic OH excluding ortho intramolecular Hbond substituents is 1. The number of anilines is 1. The van der Waals surface area contributed by atoms with E-state index in [0.29, 0.717) is 12.1 Å². The first kappa shape index (κ1) is 18.0. The maximum atomic E-state index is 11.8. The third kappa shape index (κ3) is 7.67. The summed E-state index contributed by atoms with van der Waals surface area (Å²) in [7, 11) is 0. The first-order valence-electron chi connectivity index (χ1n) is 7.80. The maximum absolute atomic E-state index is 11.8. The number of unbranched alkanes of at least 4 members (excludes halogenated alkanes) is 5. The van der Waals surface area contributed by atoms with Crippen LogP contribution in [-0.4, -0.2) is 22.1 Å². The van der Waals surface area contributed by atoms with Crippen LogP contribution in [0, 0.1) is 6.92 Å². The summed E-state index contributed by atoms with van der Waals surface area (Å²) in [5.41, 5.74) is 1.39. The van der Waals surface area contributed by atoms with Crippen LogP contribution in [0.1, 0.15) is 56.9 Å². The van der Waals surface area contributed by atoms with Gasteiger partial charge < -0.3 is 15.5 Å². The third-order valence-electron chi connectivity index (χ3n) is 3.47. The smallest absolute Gasteiger partial charge is 0.303 e. The van der Waals surface area contributed by atoms with Gasteiger partial charge in [-0.25, -0.2) is 0 Å². The molecule has 0 radical (unpaired) electrons. The summed E-state index contributed by atoms with van der Waals surface area (Å²) in [5.74, 6) is -0.743. The van der Waals surface area contributed by atoms with E-state index in [1.807, 2.05) is 13.0 Å². The number of rotatable bonds is 10. The van der Waals surface area contributed by atoms with Crippen LogP contribution in [0.2, 0.25) is 0 Å². The summed E-state index contributed by atoms with van der Waals surface area (Å²) < 4.78 is 0. The molecule has 0 fully saturated rings. The highest BCUT2D eigenvalue weighted by molar-refractivity contribution is 5.92. The zero-order valence-corrected chi connectivity index (χ0v) is 13.1. The highest BCUT2D eigenvalue weighted by Crippen LogP contribution is 2.24. The summed E-state index contributed by atoms with van der Waals surface area (Å²) in [6.07, 6.45) is 6.11. The van der Waals surface area contributed by atoms with Crippen LogP contribution in [-0.2, 0) is 9.59 Å². The van der Waals surface area contributed by atoms with Crippen LogP contribution in [0.15, 0.2) is 18.2 Å². The molecule has 22 heavy (non-hydrogen) atoms. The first-order valence-corrected chi connectivity index (χ1v) is 7.80. The number of carboxylic acid groups (broad SMARTS) is 1. The number of amides is 1. The fourth-order valence-electron chi connectivity index (χ4n) is 2.23. The van der Waals surface area contributed by atoms with Gasteiger partial charge in [0.15, 0.2) is 0 Å². The van der Waals surface area contributed by atoms with E-state index < -0.39 is 5.97 Å². The molecule has 0 bridgehead atoms. The Balaban J connectivity index is 2.10. The minimum Gasteiger partial charge on any atom is -0.506 e. The molecule has 1 rings (SSSR count). The molecule has 0 saturated carbocycles. The van der Waals surface area contributed by atoms with Crippen molar-refractivity contribution in [1.29, 1.82) is 0 Å². The molecular formula is C17H25NO4. The lowest BCUT2D eigenvalue weighted by Gasteiger charge is -2.08. The van der Waals surface area contributed by atoms with E-state index >= 15 is 0 Å². The van der Waals surface area contributed by atoms with Crippen molar-refractivity contribution in [2.75, 3.05) is 5.32 Å². The first-order chi connectivity index (χ1) is 10.5. The average molecular weight is 307 g/mol. The molecule has 122 valence electrons. The van der Waals surface area contributed by atoms with E-state index in [-0.39, 0.29) is 18.1 Å². The summed E-state index contributed by atoms with van der Waals surface area (Å²) >= 11 is 0. The molecule has 0 unspecified atom stereocenters. The summed E-state index contributed by atoms with van der Waals surface area (Å²) in [6.45, 7) is 1.88. The lowest BCUT2D eigenvalue weighted by Crippen LogP contribution is -2.11. The number of carbonyl (C=O) groups is 2. The van der Waals surface area contributed by atoms with Crippen molar-refractivity contribution in [3.8, 4) is 5.75 Å². The molecule has 0 saturated heterocycles. The number of phenols is 1. The minimum absolute atomic E-state index is 0.0896. The number of aromatic hydroxyl groups is 1. The molecule has 1 aromatic rings. The molecule has 5 heteroatoms. The van der Waals surface area contributed by atoms with Crippen molar-refractivity contribution < 1.29 is 19.8 Å². The number of hydrogen-bond donors (Lipinski definition) is 3. The molecule has 0 aliphatic carbocycles. The van der Waals surface area contributed by atoms with E-state index in [4.69, 9.17) is 5.11 Å². The number of benzene rings is 1. The fraction of sp³-hybridized carbons (Fsp3) is 0.529. The zero-order valence-electron chi connectivity index (χ0n) is 13.1. The average Bonchev–Trinajstić information content (AvgIpc) is 2.44. The molecule has 3 N–H and O–H groups in total. The predicted octanol–water partition coefficient (Wildman–Crippen LogP) is 3.84. The van der Waals surface area contributed by atoms with Crippen molar-refractivity contribution >= 4 is 17.6 Å². The number of aliphatic carboxylic acids is 1. The van der Waals surface area contributed by atoms with Gasteiger partial charge >= 0.3 is 5.97 Å². The normalized spacial score (nSPS) is 10.4. The van der Waals surface area contributed by atoms with E-state index in [9.17, 15) is 14.7 Å². The summed E-state index contributed by atoms with van der Waals surface area (Å²) in [5, 5.41) is 20.9. The molecule has 0 aliphatic heterocycles. The molecular weight excluding hydrogens is 282 g/mol. The van der Waals surface area contributed by atoms with E-state index in [0.717, 1.165) is 44.1 Å². The Morgan fingerprint density at radius 3 is 2.18 bits per heavy atom. The largest absolute Gasteiger partial charge is 0.506 e. The van der Waals surface area contributed by atoms with Crippen molar-refractivity contribution in [3.05, 3.63) is 23.8 Å². The Bertz CT molecular complexity index is 499. The number of hydrogen-bond acceptors (Lipinski definition) is 3. The second kappa shape index (κ2) is 9.82. The van der Waals surface area contributed by atoms with Crippen LogP contribution in [0.3, 0.4) is 0 Å². The summed E-state index contributed by atoms with van der Waals surface area (Å²) in [4.78, 5) is 22.1. The van der Waals surface area contributed by atoms with Gasteiger partial charge in [-0.3, -0.25) is 9.59 Å². The van der Waals surface area contributed by atoms with Gasteiger partial charge in [-0.05, 0) is 37.5 Å². The SMILES string of the molecule is Cc1ccc(NC(=O)CCCCCCCCC(=O)O)c(O)c1. The third-order valence-corrected chi connectivity index (χ3v) is 3.47. The van der Waals surface area contributed by atoms with Gasteiger partial charge in [-0.1, -0.05) is 31.7 Å². The van der Waals surface area contributed by atoms with Crippen LogP contribution in [0.4, 0.5) is 5.69 Å². The molecule has 1 aromatic carbocycles. The Kier molecular flexibility index (Phi) is 8.04. The monoisotopic (exact) mass is 307 g/mol. The molecule has 0 heterocycles. The van der Waals surface area contributed by atoms with Crippen molar-refractivity contribution in [2.24, 2.45) is 0 Å². The Hall–Kier alpha value is -2.04. The lowest BCUT2D eigenvalue weighted by atomic mass is 10.1. The van der Waals surface area contributed by atoms with Crippen LogP contribution < -0.4 is 5.32 Å². The van der Waals surface area contributed by atoms with Crippen LogP contribution in [0.25, 0.3) is 0 Å². The quantitative estimate of drug-likeness (QED) is 0.452. The molecule has 0 aliphatic rings. The Labute approximate surface area is 131 Å². The van der Waals surface area contributed by atoms with Gasteiger partial charge in [-0.15, -0.1) is 0 Å². The highest BCUT2D eigenvalue weighted by Gasteiger charge is 2.06. The van der Waals surface area contributed by atoms with E-state index in [2.05, 4.69) is 5.32 Å². The molecule has 0 aromatic heterocycles. The standard InChI is InChI=1S/C17H25NO4/c1-13-10-11-14(15(19)12-13)18-16(20)8-6-4-2-3-5-7-9-17(21)22/h10-12,19H,2-9H2,1H3,(H,18,20)(H,21,22). The number of carbonyl (C=O) groups excluding carboxylic acids is 1.